The van der Waals surface area contributed by atoms with E-state index in [1.807, 2.05) is 13.8 Å². The van der Waals surface area contributed by atoms with Gasteiger partial charge in [0.1, 0.15) is 0 Å². The number of nitrogens with two attached hydrogens (primary N) is 1. The fraction of sp³-hybridized carbons (Fsp3) is 1.00. The Morgan fingerprint density at radius 2 is 1.68 bits per heavy atom. The predicted octanol–water partition coefficient (Wildman–Crippen LogP) is 2.68. The van der Waals surface area contributed by atoms with Crippen LogP contribution in [0.2, 0.25) is 0 Å². The van der Waals surface area contributed by atoms with E-state index >= 15 is 0 Å². The lowest BCUT2D eigenvalue weighted by atomic mass is 9.85. The topological polar surface area (TPSA) is 69.4 Å². The highest BCUT2D eigenvalue weighted by molar-refractivity contribution is 7.89. The minimum Gasteiger partial charge on any atom is -0.378 e. The Hall–Kier alpha value is -0.130. The van der Waals surface area contributed by atoms with Crippen LogP contribution in [-0.2, 0) is 14.8 Å². The fourth-order valence-corrected chi connectivity index (χ4v) is 4.16. The highest BCUT2D eigenvalue weighted by Gasteiger charge is 2.32. The molecule has 2 N–H and O–H groups in total. The van der Waals surface area contributed by atoms with Crippen molar-refractivity contribution in [1.82, 2.24) is 0 Å². The lowest BCUT2D eigenvalue weighted by Gasteiger charge is -2.34. The first-order valence-corrected chi connectivity index (χ1v) is 9.14. The molecule has 0 aromatic rings. The summed E-state index contributed by atoms with van der Waals surface area (Å²) in [5, 5.41) is 5.22. The molecular weight excluding hydrogens is 262 g/mol. The maximum atomic E-state index is 11.4. The van der Waals surface area contributed by atoms with Crippen LogP contribution >= 0.6 is 0 Å². The normalized spacial score (nSPS) is 25.5. The highest BCUT2D eigenvalue weighted by Crippen LogP contribution is 2.31. The summed E-state index contributed by atoms with van der Waals surface area (Å²) in [6.45, 7) is 6.82. The van der Waals surface area contributed by atoms with E-state index < -0.39 is 10.0 Å². The van der Waals surface area contributed by atoms with Gasteiger partial charge in [0.2, 0.25) is 10.0 Å². The zero-order chi connectivity index (χ0) is 14.5. The van der Waals surface area contributed by atoms with E-state index in [0.717, 1.165) is 31.6 Å². The second-order valence-corrected chi connectivity index (χ2v) is 7.82. The molecule has 0 amide bonds. The van der Waals surface area contributed by atoms with Crippen molar-refractivity contribution in [3.8, 4) is 0 Å². The maximum absolute atomic E-state index is 11.4. The van der Waals surface area contributed by atoms with Crippen LogP contribution in [0.4, 0.5) is 0 Å². The Morgan fingerprint density at radius 3 is 2.11 bits per heavy atom. The molecule has 0 radical (unpaired) electrons. The summed E-state index contributed by atoms with van der Waals surface area (Å²) >= 11 is 0. The quantitative estimate of drug-likeness (QED) is 0.784. The Morgan fingerprint density at radius 1 is 1.16 bits per heavy atom. The van der Waals surface area contributed by atoms with Crippen molar-refractivity contribution in [3.63, 3.8) is 0 Å². The lowest BCUT2D eigenvalue weighted by Crippen LogP contribution is -2.38. The van der Waals surface area contributed by atoms with E-state index in [1.165, 1.54) is 12.8 Å². The summed E-state index contributed by atoms with van der Waals surface area (Å²) in [5.41, 5.74) is -0.323. The van der Waals surface area contributed by atoms with Gasteiger partial charge in [-0.3, -0.25) is 0 Å². The molecule has 0 aromatic heterocycles. The number of ether oxygens (including phenoxy) is 1. The van der Waals surface area contributed by atoms with Gasteiger partial charge >= 0.3 is 0 Å². The van der Waals surface area contributed by atoms with Crippen molar-refractivity contribution in [3.05, 3.63) is 0 Å². The summed E-state index contributed by atoms with van der Waals surface area (Å²) < 4.78 is 28.8. The van der Waals surface area contributed by atoms with Crippen LogP contribution in [0.5, 0.6) is 0 Å². The molecule has 1 rings (SSSR count). The molecule has 0 aromatic carbocycles. The molecule has 19 heavy (non-hydrogen) atoms. The van der Waals surface area contributed by atoms with Crippen LogP contribution in [-0.4, -0.2) is 26.9 Å². The van der Waals surface area contributed by atoms with Gasteiger partial charge in [0.05, 0.1) is 18.5 Å². The third kappa shape index (κ3) is 5.79. The molecule has 0 atom stereocenters. The lowest BCUT2D eigenvalue weighted by molar-refractivity contribution is -0.0269. The van der Waals surface area contributed by atoms with Crippen molar-refractivity contribution in [2.75, 3.05) is 12.4 Å². The van der Waals surface area contributed by atoms with Gasteiger partial charge in [-0.25, -0.2) is 13.6 Å². The molecule has 1 aliphatic carbocycles. The number of hydrogen-bond acceptors (Lipinski definition) is 3. The SMILES string of the molecule is CCC(CC)(COC1CCC(C)CC1)CS(N)(=O)=O. The van der Waals surface area contributed by atoms with Crippen molar-refractivity contribution >= 4 is 10.0 Å². The van der Waals surface area contributed by atoms with Crippen LogP contribution in [0.15, 0.2) is 0 Å². The van der Waals surface area contributed by atoms with Crippen molar-refractivity contribution in [2.45, 2.75) is 65.4 Å². The van der Waals surface area contributed by atoms with Gasteiger partial charge in [-0.1, -0.05) is 20.8 Å². The van der Waals surface area contributed by atoms with E-state index in [4.69, 9.17) is 9.88 Å². The maximum Gasteiger partial charge on any atom is 0.209 e. The average Bonchev–Trinajstić information content (AvgIpc) is 2.35. The second-order valence-electron chi connectivity index (χ2n) is 6.21. The molecule has 114 valence electrons. The largest absolute Gasteiger partial charge is 0.378 e. The third-order valence-corrected chi connectivity index (χ3v) is 5.61. The van der Waals surface area contributed by atoms with Gasteiger partial charge in [-0.2, -0.15) is 0 Å². The summed E-state index contributed by atoms with van der Waals surface area (Å²) in [6, 6.07) is 0. The molecule has 0 bridgehead atoms. The first-order chi connectivity index (χ1) is 8.80. The third-order valence-electron chi connectivity index (χ3n) is 4.60. The van der Waals surface area contributed by atoms with Crippen molar-refractivity contribution in [2.24, 2.45) is 16.5 Å². The summed E-state index contributed by atoms with van der Waals surface area (Å²) in [5.74, 6) is 0.822. The first kappa shape index (κ1) is 16.9. The smallest absolute Gasteiger partial charge is 0.209 e. The molecule has 5 heteroatoms. The number of sulfonamides is 1. The minimum absolute atomic E-state index is 0.0239. The summed E-state index contributed by atoms with van der Waals surface area (Å²) in [4.78, 5) is 0. The second kappa shape index (κ2) is 7.04. The monoisotopic (exact) mass is 291 g/mol. The van der Waals surface area contributed by atoms with Crippen LogP contribution < -0.4 is 5.14 Å². The summed E-state index contributed by atoms with van der Waals surface area (Å²) in [7, 11) is -3.45. The van der Waals surface area contributed by atoms with Gasteiger partial charge in [-0.15, -0.1) is 0 Å². The first-order valence-electron chi connectivity index (χ1n) is 7.42. The molecule has 0 unspecified atom stereocenters. The van der Waals surface area contributed by atoms with Crippen LogP contribution in [0.1, 0.15) is 59.3 Å². The van der Waals surface area contributed by atoms with E-state index in [2.05, 4.69) is 6.92 Å². The molecule has 4 nitrogen and oxygen atoms in total. The average molecular weight is 291 g/mol. The summed E-state index contributed by atoms with van der Waals surface area (Å²) in [6.07, 6.45) is 6.48. The standard InChI is InChI=1S/C14H29NO3S/c1-4-14(5-2,11-19(15,16)17)10-18-13-8-6-12(3)7-9-13/h12-13H,4-11H2,1-3H3,(H2,15,16,17). The molecule has 1 aliphatic rings. The molecule has 0 aliphatic heterocycles. The Bertz CT molecular complexity index is 355. The van der Waals surface area contributed by atoms with Crippen LogP contribution in [0, 0.1) is 11.3 Å². The number of rotatable bonds is 7. The van der Waals surface area contributed by atoms with E-state index in [9.17, 15) is 8.42 Å². The molecule has 1 saturated carbocycles. The predicted molar refractivity (Wildman–Crippen MR) is 78.4 cm³/mol. The zero-order valence-electron chi connectivity index (χ0n) is 12.5. The van der Waals surface area contributed by atoms with Crippen LogP contribution in [0.3, 0.4) is 0 Å². The molecule has 0 spiro atoms. The zero-order valence-corrected chi connectivity index (χ0v) is 13.3. The van der Waals surface area contributed by atoms with Crippen molar-refractivity contribution in [1.29, 1.82) is 0 Å². The highest BCUT2D eigenvalue weighted by atomic mass is 32.2. The van der Waals surface area contributed by atoms with Crippen molar-refractivity contribution < 1.29 is 13.2 Å². The van der Waals surface area contributed by atoms with Gasteiger partial charge in [0, 0.05) is 5.41 Å². The molecule has 1 fully saturated rings. The Balaban J connectivity index is 2.54. The Labute approximate surface area is 118 Å². The van der Waals surface area contributed by atoms with Crippen LogP contribution in [0.25, 0.3) is 0 Å². The fourth-order valence-electron chi connectivity index (χ4n) is 2.82. The molecule has 0 saturated heterocycles. The molecular formula is C14H29NO3S. The van der Waals surface area contributed by atoms with Gasteiger partial charge in [-0.05, 0) is 44.4 Å². The van der Waals surface area contributed by atoms with Gasteiger partial charge in [0.15, 0.2) is 0 Å². The molecule has 0 heterocycles. The Kier molecular flexibility index (Phi) is 6.27. The van der Waals surface area contributed by atoms with Gasteiger partial charge in [0.25, 0.3) is 0 Å². The number of primary sulfonamides is 1. The van der Waals surface area contributed by atoms with E-state index in [1.54, 1.807) is 0 Å². The number of hydrogen-bond donors (Lipinski definition) is 1. The van der Waals surface area contributed by atoms with E-state index in [-0.39, 0.29) is 11.2 Å². The van der Waals surface area contributed by atoms with Gasteiger partial charge < -0.3 is 4.74 Å². The van der Waals surface area contributed by atoms with E-state index in [0.29, 0.717) is 12.7 Å². The minimum atomic E-state index is -3.45.